The third kappa shape index (κ3) is 3.94. The highest BCUT2D eigenvalue weighted by Gasteiger charge is 2.13. The van der Waals surface area contributed by atoms with Crippen LogP contribution < -0.4 is 15.1 Å². The lowest BCUT2D eigenvalue weighted by atomic mass is 10.2. The van der Waals surface area contributed by atoms with Gasteiger partial charge in [0.15, 0.2) is 0 Å². The summed E-state index contributed by atoms with van der Waals surface area (Å²) in [6.45, 7) is 9.59. The molecule has 1 saturated heterocycles. The second-order valence-electron chi connectivity index (χ2n) is 5.68. The highest BCUT2D eigenvalue weighted by Crippen LogP contribution is 2.21. The largest absolute Gasteiger partial charge is 0.378 e. The van der Waals surface area contributed by atoms with Crippen LogP contribution in [0.2, 0.25) is 0 Å². The van der Waals surface area contributed by atoms with Crippen molar-refractivity contribution in [3.63, 3.8) is 0 Å². The SMILES string of the molecule is CCN(CC)c1ccc(Nc2nccc(N3CCOCC3)n2)cc1. The summed E-state index contributed by atoms with van der Waals surface area (Å²) in [5, 5.41) is 3.29. The summed E-state index contributed by atoms with van der Waals surface area (Å²) >= 11 is 0. The van der Waals surface area contributed by atoms with Gasteiger partial charge >= 0.3 is 0 Å². The van der Waals surface area contributed by atoms with E-state index in [0.29, 0.717) is 5.95 Å². The zero-order valence-electron chi connectivity index (χ0n) is 14.4. The lowest BCUT2D eigenvalue weighted by Gasteiger charge is -2.27. The summed E-state index contributed by atoms with van der Waals surface area (Å²) in [5.74, 6) is 1.56. The van der Waals surface area contributed by atoms with Crippen molar-refractivity contribution in [2.45, 2.75) is 13.8 Å². The molecule has 0 atom stereocenters. The summed E-state index contributed by atoms with van der Waals surface area (Å²) in [7, 11) is 0. The van der Waals surface area contributed by atoms with Crippen LogP contribution in [0.25, 0.3) is 0 Å². The second-order valence-corrected chi connectivity index (χ2v) is 5.68. The lowest BCUT2D eigenvalue weighted by Crippen LogP contribution is -2.36. The van der Waals surface area contributed by atoms with Gasteiger partial charge in [0.05, 0.1) is 13.2 Å². The first-order valence-electron chi connectivity index (χ1n) is 8.58. The van der Waals surface area contributed by atoms with Crippen LogP contribution >= 0.6 is 0 Å². The van der Waals surface area contributed by atoms with E-state index in [1.165, 1.54) is 5.69 Å². The first-order valence-corrected chi connectivity index (χ1v) is 8.58. The minimum atomic E-state index is 0.620. The van der Waals surface area contributed by atoms with Gasteiger partial charge in [-0.25, -0.2) is 4.98 Å². The molecule has 6 heteroatoms. The smallest absolute Gasteiger partial charge is 0.229 e. The van der Waals surface area contributed by atoms with Crippen LogP contribution in [0.5, 0.6) is 0 Å². The Bertz CT molecular complexity index is 636. The molecule has 0 bridgehead atoms. The minimum Gasteiger partial charge on any atom is -0.378 e. The molecule has 1 aromatic carbocycles. The second kappa shape index (κ2) is 7.97. The first-order chi connectivity index (χ1) is 11.8. The van der Waals surface area contributed by atoms with E-state index >= 15 is 0 Å². The molecule has 128 valence electrons. The molecule has 1 fully saturated rings. The van der Waals surface area contributed by atoms with E-state index < -0.39 is 0 Å². The maximum Gasteiger partial charge on any atom is 0.229 e. The van der Waals surface area contributed by atoms with Crippen molar-refractivity contribution in [3.8, 4) is 0 Å². The van der Waals surface area contributed by atoms with E-state index in [1.807, 2.05) is 6.07 Å². The Hall–Kier alpha value is -2.34. The average Bonchev–Trinajstić information content (AvgIpc) is 2.65. The van der Waals surface area contributed by atoms with Gasteiger partial charge in [-0.1, -0.05) is 0 Å². The minimum absolute atomic E-state index is 0.620. The first kappa shape index (κ1) is 16.5. The standard InChI is InChI=1S/C18H25N5O/c1-3-22(4-2)16-7-5-15(6-8-16)20-18-19-10-9-17(21-18)23-11-13-24-14-12-23/h5-10H,3-4,11-14H2,1-2H3,(H,19,20,21). The van der Waals surface area contributed by atoms with Gasteiger partial charge in [-0.05, 0) is 44.2 Å². The quantitative estimate of drug-likeness (QED) is 0.880. The van der Waals surface area contributed by atoms with Crippen LogP contribution in [0.1, 0.15) is 13.8 Å². The Morgan fingerprint density at radius 2 is 1.79 bits per heavy atom. The third-order valence-electron chi connectivity index (χ3n) is 4.23. The Morgan fingerprint density at radius 1 is 1.08 bits per heavy atom. The van der Waals surface area contributed by atoms with E-state index in [2.05, 4.69) is 63.2 Å². The van der Waals surface area contributed by atoms with Crippen molar-refractivity contribution < 1.29 is 4.74 Å². The molecule has 2 heterocycles. The van der Waals surface area contributed by atoms with Gasteiger partial charge < -0.3 is 19.9 Å². The number of ether oxygens (including phenoxy) is 1. The molecule has 0 spiro atoms. The summed E-state index contributed by atoms with van der Waals surface area (Å²) in [5.41, 5.74) is 2.22. The van der Waals surface area contributed by atoms with Crippen molar-refractivity contribution in [2.24, 2.45) is 0 Å². The molecule has 0 unspecified atom stereocenters. The number of nitrogens with one attached hydrogen (secondary N) is 1. The number of benzene rings is 1. The molecule has 0 aliphatic carbocycles. The molecule has 0 saturated carbocycles. The van der Waals surface area contributed by atoms with Crippen LogP contribution in [-0.2, 0) is 4.74 Å². The highest BCUT2D eigenvalue weighted by atomic mass is 16.5. The van der Waals surface area contributed by atoms with Gasteiger partial charge in [0.25, 0.3) is 0 Å². The molecule has 0 amide bonds. The molecule has 24 heavy (non-hydrogen) atoms. The number of nitrogens with zero attached hydrogens (tertiary/aromatic N) is 4. The van der Waals surface area contributed by atoms with Crippen molar-refractivity contribution >= 4 is 23.1 Å². The molecule has 6 nitrogen and oxygen atoms in total. The summed E-state index contributed by atoms with van der Waals surface area (Å²) in [6, 6.07) is 10.3. The van der Waals surface area contributed by atoms with Crippen molar-refractivity contribution in [1.29, 1.82) is 0 Å². The molecular formula is C18H25N5O. The summed E-state index contributed by atoms with van der Waals surface area (Å²) < 4.78 is 5.39. The van der Waals surface area contributed by atoms with Gasteiger partial charge in [0, 0.05) is 43.8 Å². The molecule has 1 aromatic heterocycles. The van der Waals surface area contributed by atoms with E-state index in [4.69, 9.17) is 4.74 Å². The Morgan fingerprint density at radius 3 is 2.46 bits per heavy atom. The number of hydrogen-bond acceptors (Lipinski definition) is 6. The van der Waals surface area contributed by atoms with E-state index in [9.17, 15) is 0 Å². The van der Waals surface area contributed by atoms with Crippen LogP contribution in [0.15, 0.2) is 36.5 Å². The molecular weight excluding hydrogens is 302 g/mol. The number of morpholine rings is 1. The monoisotopic (exact) mass is 327 g/mol. The summed E-state index contributed by atoms with van der Waals surface area (Å²) in [6.07, 6.45) is 1.80. The fourth-order valence-electron chi connectivity index (χ4n) is 2.85. The number of anilines is 4. The van der Waals surface area contributed by atoms with E-state index in [0.717, 1.165) is 50.9 Å². The Balaban J connectivity index is 1.69. The third-order valence-corrected chi connectivity index (χ3v) is 4.23. The van der Waals surface area contributed by atoms with Gasteiger partial charge in [-0.2, -0.15) is 4.98 Å². The van der Waals surface area contributed by atoms with Crippen molar-refractivity contribution in [2.75, 3.05) is 54.5 Å². The van der Waals surface area contributed by atoms with E-state index in [-0.39, 0.29) is 0 Å². The zero-order chi connectivity index (χ0) is 16.8. The fourth-order valence-corrected chi connectivity index (χ4v) is 2.85. The topological polar surface area (TPSA) is 53.5 Å². The van der Waals surface area contributed by atoms with Crippen LogP contribution in [0.4, 0.5) is 23.1 Å². The molecule has 1 N–H and O–H groups in total. The zero-order valence-corrected chi connectivity index (χ0v) is 14.4. The molecule has 3 rings (SSSR count). The van der Waals surface area contributed by atoms with Gasteiger partial charge in [-0.3, -0.25) is 0 Å². The van der Waals surface area contributed by atoms with E-state index in [1.54, 1.807) is 6.20 Å². The predicted octanol–water partition coefficient (Wildman–Crippen LogP) is 2.90. The maximum absolute atomic E-state index is 5.39. The van der Waals surface area contributed by atoms with Gasteiger partial charge in [0.2, 0.25) is 5.95 Å². The lowest BCUT2D eigenvalue weighted by molar-refractivity contribution is 0.122. The predicted molar refractivity (Wildman–Crippen MR) is 98.3 cm³/mol. The Labute approximate surface area is 143 Å². The Kier molecular flexibility index (Phi) is 5.48. The van der Waals surface area contributed by atoms with Gasteiger partial charge in [-0.15, -0.1) is 0 Å². The fraction of sp³-hybridized carbons (Fsp3) is 0.444. The highest BCUT2D eigenvalue weighted by molar-refractivity contribution is 5.60. The summed E-state index contributed by atoms with van der Waals surface area (Å²) in [4.78, 5) is 13.5. The van der Waals surface area contributed by atoms with Crippen molar-refractivity contribution in [1.82, 2.24) is 9.97 Å². The normalized spacial score (nSPS) is 14.5. The maximum atomic E-state index is 5.39. The molecule has 1 aliphatic heterocycles. The van der Waals surface area contributed by atoms with Crippen LogP contribution in [0, 0.1) is 0 Å². The average molecular weight is 327 g/mol. The number of aromatic nitrogens is 2. The van der Waals surface area contributed by atoms with Crippen LogP contribution in [-0.4, -0.2) is 49.4 Å². The molecule has 2 aromatic rings. The number of rotatable bonds is 6. The molecule has 1 aliphatic rings. The molecule has 0 radical (unpaired) electrons. The van der Waals surface area contributed by atoms with Gasteiger partial charge in [0.1, 0.15) is 5.82 Å². The number of hydrogen-bond donors (Lipinski definition) is 1. The van der Waals surface area contributed by atoms with Crippen molar-refractivity contribution in [3.05, 3.63) is 36.5 Å². The van der Waals surface area contributed by atoms with Crippen LogP contribution in [0.3, 0.4) is 0 Å².